The van der Waals surface area contributed by atoms with E-state index in [4.69, 9.17) is 5.26 Å². The Bertz CT molecular complexity index is 575. The second kappa shape index (κ2) is 8.26. The van der Waals surface area contributed by atoms with Crippen LogP contribution in [0.25, 0.3) is 0 Å². The number of pyridine rings is 1. The summed E-state index contributed by atoms with van der Waals surface area (Å²) in [5, 5.41) is 7.94. The Hall–Kier alpha value is -2.24. The SMILES string of the molecule is CN1CCCC1c1cccnc1.O=C(OO)c1ccccc1. The molecule has 1 unspecified atom stereocenters. The average molecular weight is 300 g/mol. The average Bonchev–Trinajstić information content (AvgIpc) is 3.02. The third kappa shape index (κ3) is 4.38. The quantitative estimate of drug-likeness (QED) is 0.682. The molecule has 1 aromatic carbocycles. The normalized spacial score (nSPS) is 17.5. The van der Waals surface area contributed by atoms with Crippen molar-refractivity contribution in [1.29, 1.82) is 0 Å². The van der Waals surface area contributed by atoms with E-state index in [1.807, 2.05) is 18.5 Å². The summed E-state index contributed by atoms with van der Waals surface area (Å²) in [7, 11) is 2.19. The van der Waals surface area contributed by atoms with Gasteiger partial charge in [-0.05, 0) is 50.2 Å². The molecular weight excluding hydrogens is 280 g/mol. The van der Waals surface area contributed by atoms with Gasteiger partial charge in [0.2, 0.25) is 0 Å². The summed E-state index contributed by atoms with van der Waals surface area (Å²) in [6.07, 6.45) is 6.41. The van der Waals surface area contributed by atoms with Crippen LogP contribution in [0.5, 0.6) is 0 Å². The molecule has 5 nitrogen and oxygen atoms in total. The highest BCUT2D eigenvalue weighted by molar-refractivity contribution is 5.88. The molecule has 0 aliphatic carbocycles. The van der Waals surface area contributed by atoms with Crippen LogP contribution in [0.1, 0.15) is 34.8 Å². The zero-order chi connectivity index (χ0) is 15.8. The smallest absolute Gasteiger partial charge is 0.299 e. The fraction of sp³-hybridized carbons (Fsp3) is 0.294. The van der Waals surface area contributed by atoms with E-state index in [1.54, 1.807) is 30.3 Å². The third-order valence-electron chi connectivity index (χ3n) is 3.68. The van der Waals surface area contributed by atoms with Crippen molar-refractivity contribution >= 4 is 5.97 Å². The molecule has 3 rings (SSSR count). The second-order valence-electron chi connectivity index (χ2n) is 5.17. The molecule has 1 fully saturated rings. The highest BCUT2D eigenvalue weighted by atomic mass is 17.1. The number of hydrogen-bond acceptors (Lipinski definition) is 5. The Morgan fingerprint density at radius 1 is 1.27 bits per heavy atom. The first kappa shape index (κ1) is 16.1. The molecule has 0 amide bonds. The fourth-order valence-corrected chi connectivity index (χ4v) is 2.53. The lowest BCUT2D eigenvalue weighted by Gasteiger charge is -2.18. The number of nitrogens with zero attached hydrogens (tertiary/aromatic N) is 2. The molecule has 116 valence electrons. The van der Waals surface area contributed by atoms with Crippen molar-refractivity contribution in [2.24, 2.45) is 0 Å². The lowest BCUT2D eigenvalue weighted by atomic mass is 10.1. The van der Waals surface area contributed by atoms with Crippen LogP contribution in [0.3, 0.4) is 0 Å². The first-order valence-electron chi connectivity index (χ1n) is 7.23. The number of aromatic nitrogens is 1. The third-order valence-corrected chi connectivity index (χ3v) is 3.68. The maximum absolute atomic E-state index is 10.5. The summed E-state index contributed by atoms with van der Waals surface area (Å²) in [6, 6.07) is 13.0. The van der Waals surface area contributed by atoms with Crippen LogP contribution in [-0.2, 0) is 4.89 Å². The van der Waals surface area contributed by atoms with E-state index in [9.17, 15) is 4.79 Å². The predicted molar refractivity (Wildman–Crippen MR) is 83.3 cm³/mol. The molecule has 1 aliphatic rings. The van der Waals surface area contributed by atoms with Crippen LogP contribution in [0, 0.1) is 0 Å². The molecule has 0 radical (unpaired) electrons. The summed E-state index contributed by atoms with van der Waals surface area (Å²) < 4.78 is 0. The number of likely N-dealkylation sites (tertiary alicyclic amines) is 1. The zero-order valence-corrected chi connectivity index (χ0v) is 12.6. The molecule has 0 bridgehead atoms. The maximum atomic E-state index is 10.5. The molecule has 1 aliphatic heterocycles. The molecule has 2 heterocycles. The van der Waals surface area contributed by atoms with E-state index in [2.05, 4.69) is 27.9 Å². The Balaban J connectivity index is 0.000000164. The minimum atomic E-state index is -0.736. The van der Waals surface area contributed by atoms with Crippen molar-refractivity contribution in [1.82, 2.24) is 9.88 Å². The largest absolute Gasteiger partial charge is 0.372 e. The summed E-state index contributed by atoms with van der Waals surface area (Å²) in [4.78, 5) is 20.6. The summed E-state index contributed by atoms with van der Waals surface area (Å²) in [5.74, 6) is -0.736. The van der Waals surface area contributed by atoms with Gasteiger partial charge >= 0.3 is 5.97 Å². The lowest BCUT2D eigenvalue weighted by Crippen LogP contribution is -2.17. The summed E-state index contributed by atoms with van der Waals surface area (Å²) >= 11 is 0. The van der Waals surface area contributed by atoms with Crippen LogP contribution in [0.2, 0.25) is 0 Å². The van der Waals surface area contributed by atoms with Crippen LogP contribution < -0.4 is 0 Å². The molecule has 5 heteroatoms. The van der Waals surface area contributed by atoms with E-state index in [-0.39, 0.29) is 0 Å². The number of benzene rings is 1. The Labute approximate surface area is 130 Å². The van der Waals surface area contributed by atoms with Gasteiger partial charge in [0.05, 0.1) is 5.56 Å². The van der Waals surface area contributed by atoms with E-state index < -0.39 is 5.97 Å². The first-order chi connectivity index (χ1) is 10.7. The summed E-state index contributed by atoms with van der Waals surface area (Å²) in [6.45, 7) is 1.22. The Morgan fingerprint density at radius 3 is 2.59 bits per heavy atom. The molecule has 2 aromatic rings. The van der Waals surface area contributed by atoms with Gasteiger partial charge in [-0.25, -0.2) is 4.79 Å². The van der Waals surface area contributed by atoms with E-state index >= 15 is 0 Å². The number of carbonyl (C=O) groups is 1. The van der Waals surface area contributed by atoms with E-state index in [0.29, 0.717) is 11.6 Å². The van der Waals surface area contributed by atoms with Crippen LogP contribution in [0.15, 0.2) is 54.9 Å². The zero-order valence-electron chi connectivity index (χ0n) is 12.6. The molecule has 1 aromatic heterocycles. The van der Waals surface area contributed by atoms with Crippen molar-refractivity contribution in [3.63, 3.8) is 0 Å². The molecular formula is C17H20N2O3. The topological polar surface area (TPSA) is 62.7 Å². The number of rotatable bonds is 2. The molecule has 1 N–H and O–H groups in total. The monoisotopic (exact) mass is 300 g/mol. The van der Waals surface area contributed by atoms with Gasteiger partial charge in [-0.2, -0.15) is 5.26 Å². The van der Waals surface area contributed by atoms with Crippen LogP contribution in [-0.4, -0.2) is 34.7 Å². The molecule has 0 spiro atoms. The predicted octanol–water partition coefficient (Wildman–Crippen LogP) is 3.16. The Kier molecular flexibility index (Phi) is 6.06. The van der Waals surface area contributed by atoms with Gasteiger partial charge in [-0.1, -0.05) is 24.3 Å². The second-order valence-corrected chi connectivity index (χ2v) is 5.17. The number of carbonyl (C=O) groups excluding carboxylic acids is 1. The van der Waals surface area contributed by atoms with Crippen molar-refractivity contribution in [3.8, 4) is 0 Å². The minimum absolute atomic E-state index is 0.338. The van der Waals surface area contributed by atoms with E-state index in [0.717, 1.165) is 0 Å². The Morgan fingerprint density at radius 2 is 2.05 bits per heavy atom. The van der Waals surface area contributed by atoms with Crippen molar-refractivity contribution < 1.29 is 14.9 Å². The van der Waals surface area contributed by atoms with Crippen LogP contribution >= 0.6 is 0 Å². The lowest BCUT2D eigenvalue weighted by molar-refractivity contribution is -0.182. The molecule has 22 heavy (non-hydrogen) atoms. The number of hydrogen-bond donors (Lipinski definition) is 1. The van der Waals surface area contributed by atoms with Crippen molar-refractivity contribution in [2.45, 2.75) is 18.9 Å². The minimum Gasteiger partial charge on any atom is -0.299 e. The highest BCUT2D eigenvalue weighted by Gasteiger charge is 2.21. The van der Waals surface area contributed by atoms with Crippen molar-refractivity contribution in [2.75, 3.05) is 13.6 Å². The van der Waals surface area contributed by atoms with Gasteiger partial charge in [0.1, 0.15) is 0 Å². The van der Waals surface area contributed by atoms with Gasteiger partial charge in [0.25, 0.3) is 0 Å². The van der Waals surface area contributed by atoms with Crippen molar-refractivity contribution in [3.05, 3.63) is 66.0 Å². The van der Waals surface area contributed by atoms with Gasteiger partial charge in [0.15, 0.2) is 0 Å². The molecule has 1 saturated heterocycles. The molecule has 0 saturated carbocycles. The van der Waals surface area contributed by atoms with Gasteiger partial charge in [-0.15, -0.1) is 0 Å². The first-order valence-corrected chi connectivity index (χ1v) is 7.23. The molecule has 1 atom stereocenters. The summed E-state index contributed by atoms with van der Waals surface area (Å²) in [5.41, 5.74) is 1.70. The van der Waals surface area contributed by atoms with Gasteiger partial charge in [-0.3, -0.25) is 14.8 Å². The van der Waals surface area contributed by atoms with Crippen LogP contribution in [0.4, 0.5) is 0 Å². The van der Waals surface area contributed by atoms with Gasteiger partial charge in [0, 0.05) is 18.4 Å². The van der Waals surface area contributed by atoms with Gasteiger partial charge < -0.3 is 0 Å². The standard InChI is InChI=1S/C10H14N2.C7H6O3/c1-12-7-3-5-10(12)9-4-2-6-11-8-9;8-7(10-9)6-4-2-1-3-5-6/h2,4,6,8,10H,3,5,7H2,1H3;1-5,9H. The maximum Gasteiger partial charge on any atom is 0.372 e. The van der Waals surface area contributed by atoms with E-state index in [1.165, 1.54) is 24.9 Å². The fourth-order valence-electron chi connectivity index (χ4n) is 2.53. The highest BCUT2D eigenvalue weighted by Crippen LogP contribution is 2.29.